The van der Waals surface area contributed by atoms with Crippen LogP contribution in [0.4, 0.5) is 10.1 Å². The number of carbonyl (C=O) groups is 1. The second-order valence-electron chi connectivity index (χ2n) is 4.07. The maximum atomic E-state index is 13.0. The molecule has 1 atom stereocenters. The summed E-state index contributed by atoms with van der Waals surface area (Å²) in [5.74, 6) is -0.868. The number of hydrogen-bond donors (Lipinski definition) is 2. The van der Waals surface area contributed by atoms with Gasteiger partial charge in [-0.15, -0.1) is 0 Å². The fourth-order valence-electron chi connectivity index (χ4n) is 1.44. The first-order valence-electron chi connectivity index (χ1n) is 5.30. The first-order chi connectivity index (χ1) is 7.98. The molecule has 1 rings (SSSR count). The predicted octanol–water partition coefficient (Wildman–Crippen LogP) is 1.52. The van der Waals surface area contributed by atoms with Crippen molar-refractivity contribution in [2.75, 3.05) is 19.0 Å². The van der Waals surface area contributed by atoms with Crippen molar-refractivity contribution >= 4 is 11.6 Å². The summed E-state index contributed by atoms with van der Waals surface area (Å²) in [4.78, 5) is 11.4. The average molecular weight is 240 g/mol. The summed E-state index contributed by atoms with van der Waals surface area (Å²) in [5.41, 5.74) is 4.91. The van der Waals surface area contributed by atoms with E-state index in [0.29, 0.717) is 18.7 Å². The molecule has 0 heterocycles. The van der Waals surface area contributed by atoms with Crippen molar-refractivity contribution < 1.29 is 13.9 Å². The Bertz CT molecular complexity index is 398. The zero-order valence-corrected chi connectivity index (χ0v) is 10.00. The highest BCUT2D eigenvalue weighted by Crippen LogP contribution is 2.19. The third kappa shape index (κ3) is 3.71. The Morgan fingerprint density at radius 2 is 2.29 bits per heavy atom. The van der Waals surface area contributed by atoms with Crippen LogP contribution in [-0.4, -0.2) is 25.2 Å². The summed E-state index contributed by atoms with van der Waals surface area (Å²) < 4.78 is 17.9. The molecule has 1 unspecified atom stereocenters. The molecule has 0 aliphatic carbocycles. The van der Waals surface area contributed by atoms with Gasteiger partial charge >= 0.3 is 0 Å². The molecule has 0 spiro atoms. The van der Waals surface area contributed by atoms with Crippen molar-refractivity contribution in [2.24, 2.45) is 5.73 Å². The van der Waals surface area contributed by atoms with Crippen LogP contribution in [0.3, 0.4) is 0 Å². The summed E-state index contributed by atoms with van der Waals surface area (Å²) in [6, 6.07) is 5.89. The first kappa shape index (κ1) is 13.4. The highest BCUT2D eigenvalue weighted by molar-refractivity contribution is 5.87. The van der Waals surface area contributed by atoms with Gasteiger partial charge in [0.15, 0.2) is 0 Å². The Morgan fingerprint density at radius 3 is 2.82 bits per heavy atom. The third-order valence-corrected chi connectivity index (χ3v) is 2.59. The topological polar surface area (TPSA) is 64.3 Å². The largest absolute Gasteiger partial charge is 0.385 e. The normalized spacial score (nSPS) is 14.1. The number of amides is 1. The maximum Gasteiger partial charge on any atom is 0.242 e. The van der Waals surface area contributed by atoms with Gasteiger partial charge in [-0.3, -0.25) is 4.79 Å². The van der Waals surface area contributed by atoms with Gasteiger partial charge in [0.1, 0.15) is 11.4 Å². The number of nitrogens with one attached hydrogen (secondary N) is 1. The molecule has 3 N–H and O–H groups in total. The lowest BCUT2D eigenvalue weighted by atomic mass is 9.97. The molecule has 1 aromatic rings. The van der Waals surface area contributed by atoms with E-state index in [1.165, 1.54) is 12.1 Å². The molecule has 0 fully saturated rings. The fourth-order valence-corrected chi connectivity index (χ4v) is 1.44. The first-order valence-corrected chi connectivity index (χ1v) is 5.30. The van der Waals surface area contributed by atoms with E-state index in [4.69, 9.17) is 10.5 Å². The molecule has 0 radical (unpaired) electrons. The average Bonchev–Trinajstić information content (AvgIpc) is 2.26. The molecular formula is C12H17FN2O2. The van der Waals surface area contributed by atoms with Crippen molar-refractivity contribution in [2.45, 2.75) is 18.9 Å². The Kier molecular flexibility index (Phi) is 4.45. The van der Waals surface area contributed by atoms with Crippen LogP contribution in [0.15, 0.2) is 24.3 Å². The second kappa shape index (κ2) is 5.63. The Hall–Kier alpha value is -1.62. The zero-order chi connectivity index (χ0) is 12.9. The lowest BCUT2D eigenvalue weighted by molar-refractivity contribution is -0.122. The summed E-state index contributed by atoms with van der Waals surface area (Å²) in [5, 5.41) is 2.94. The van der Waals surface area contributed by atoms with Gasteiger partial charge < -0.3 is 15.8 Å². The number of rotatable bonds is 6. The number of methoxy groups -OCH3 is 1. The van der Waals surface area contributed by atoms with E-state index in [0.717, 1.165) is 0 Å². The fraction of sp³-hybridized carbons (Fsp3) is 0.417. The Morgan fingerprint density at radius 1 is 1.59 bits per heavy atom. The number of ether oxygens (including phenoxy) is 1. The standard InChI is InChI=1S/C12H17FN2O2/c1-12(11(14)16,6-7-17-2)15-10-5-3-4-9(13)8-10/h3-5,8,15H,6-7H2,1-2H3,(H2,14,16). The minimum absolute atomic E-state index is 0.367. The lowest BCUT2D eigenvalue weighted by Gasteiger charge is -2.28. The monoisotopic (exact) mass is 240 g/mol. The molecule has 17 heavy (non-hydrogen) atoms. The van der Waals surface area contributed by atoms with Crippen molar-refractivity contribution in [3.8, 4) is 0 Å². The minimum Gasteiger partial charge on any atom is -0.385 e. The zero-order valence-electron chi connectivity index (χ0n) is 10.00. The predicted molar refractivity (Wildman–Crippen MR) is 64.1 cm³/mol. The van der Waals surface area contributed by atoms with E-state index in [1.54, 1.807) is 26.2 Å². The number of benzene rings is 1. The molecule has 5 heteroatoms. The number of halogens is 1. The second-order valence-corrected chi connectivity index (χ2v) is 4.07. The minimum atomic E-state index is -0.955. The molecule has 0 saturated heterocycles. The van der Waals surface area contributed by atoms with Gasteiger partial charge in [0, 0.05) is 25.8 Å². The molecule has 1 aromatic carbocycles. The summed E-state index contributed by atoms with van der Waals surface area (Å²) >= 11 is 0. The number of carbonyl (C=O) groups excluding carboxylic acids is 1. The van der Waals surface area contributed by atoms with Crippen LogP contribution in [0.1, 0.15) is 13.3 Å². The van der Waals surface area contributed by atoms with Crippen LogP contribution in [-0.2, 0) is 9.53 Å². The van der Waals surface area contributed by atoms with Crippen LogP contribution in [0.2, 0.25) is 0 Å². The van der Waals surface area contributed by atoms with E-state index in [2.05, 4.69) is 5.32 Å². The van der Waals surface area contributed by atoms with Crippen molar-refractivity contribution in [3.63, 3.8) is 0 Å². The van der Waals surface area contributed by atoms with Gasteiger partial charge in [-0.25, -0.2) is 4.39 Å². The third-order valence-electron chi connectivity index (χ3n) is 2.59. The number of primary amides is 1. The maximum absolute atomic E-state index is 13.0. The molecular weight excluding hydrogens is 223 g/mol. The van der Waals surface area contributed by atoms with Gasteiger partial charge in [0.05, 0.1) is 0 Å². The molecule has 94 valence electrons. The van der Waals surface area contributed by atoms with Gasteiger partial charge in [0.25, 0.3) is 0 Å². The number of hydrogen-bond acceptors (Lipinski definition) is 3. The van der Waals surface area contributed by atoms with E-state index in [-0.39, 0.29) is 5.82 Å². The highest BCUT2D eigenvalue weighted by Gasteiger charge is 2.30. The molecule has 0 aliphatic heterocycles. The van der Waals surface area contributed by atoms with Crippen LogP contribution in [0.5, 0.6) is 0 Å². The molecule has 4 nitrogen and oxygen atoms in total. The lowest BCUT2D eigenvalue weighted by Crippen LogP contribution is -2.48. The molecule has 0 aromatic heterocycles. The van der Waals surface area contributed by atoms with Crippen molar-refractivity contribution in [1.82, 2.24) is 0 Å². The molecule has 0 saturated carbocycles. The van der Waals surface area contributed by atoms with Crippen LogP contribution in [0, 0.1) is 5.82 Å². The summed E-state index contributed by atoms with van der Waals surface area (Å²) in [6.07, 6.45) is 0.412. The van der Waals surface area contributed by atoms with Crippen LogP contribution in [0.25, 0.3) is 0 Å². The highest BCUT2D eigenvalue weighted by atomic mass is 19.1. The summed E-state index contributed by atoms with van der Waals surface area (Å²) in [7, 11) is 1.55. The van der Waals surface area contributed by atoms with Crippen molar-refractivity contribution in [3.05, 3.63) is 30.1 Å². The van der Waals surface area contributed by atoms with Gasteiger partial charge in [-0.2, -0.15) is 0 Å². The molecule has 0 bridgehead atoms. The van der Waals surface area contributed by atoms with E-state index in [1.807, 2.05) is 0 Å². The van der Waals surface area contributed by atoms with Gasteiger partial charge in [-0.05, 0) is 25.1 Å². The molecule has 1 amide bonds. The number of anilines is 1. The quantitative estimate of drug-likeness (QED) is 0.792. The Labute approximate surface area is 100.0 Å². The van der Waals surface area contributed by atoms with E-state index < -0.39 is 11.4 Å². The van der Waals surface area contributed by atoms with E-state index in [9.17, 15) is 9.18 Å². The van der Waals surface area contributed by atoms with Gasteiger partial charge in [0.2, 0.25) is 5.91 Å². The smallest absolute Gasteiger partial charge is 0.242 e. The van der Waals surface area contributed by atoms with E-state index >= 15 is 0 Å². The molecule has 0 aliphatic rings. The van der Waals surface area contributed by atoms with Crippen LogP contribution >= 0.6 is 0 Å². The van der Waals surface area contributed by atoms with Crippen molar-refractivity contribution in [1.29, 1.82) is 0 Å². The number of nitrogens with two attached hydrogens (primary N) is 1. The SMILES string of the molecule is COCCC(C)(Nc1cccc(F)c1)C(N)=O. The Balaban J connectivity index is 2.83. The summed E-state index contributed by atoms with van der Waals surface area (Å²) in [6.45, 7) is 2.06. The van der Waals surface area contributed by atoms with Crippen LogP contribution < -0.4 is 11.1 Å². The van der Waals surface area contributed by atoms with Gasteiger partial charge in [-0.1, -0.05) is 6.07 Å².